The van der Waals surface area contributed by atoms with Crippen LogP contribution in [0.1, 0.15) is 12.8 Å². The highest BCUT2D eigenvalue weighted by Crippen LogP contribution is 2.19. The van der Waals surface area contributed by atoms with Crippen molar-refractivity contribution in [3.8, 4) is 11.4 Å². The maximum atomic E-state index is 11.3. The van der Waals surface area contributed by atoms with Gasteiger partial charge in [0, 0.05) is 23.6 Å². The maximum Gasteiger partial charge on any atom is 0.236 e. The van der Waals surface area contributed by atoms with Crippen LogP contribution in [0.2, 0.25) is 5.02 Å². The third-order valence-electron chi connectivity index (χ3n) is 2.60. The van der Waals surface area contributed by atoms with Crippen LogP contribution in [0.25, 0.3) is 11.4 Å². The molecule has 0 unspecified atom stereocenters. The van der Waals surface area contributed by atoms with E-state index in [1.807, 2.05) is 12.1 Å². The van der Waals surface area contributed by atoms with Gasteiger partial charge in [-0.05, 0) is 19.1 Å². The van der Waals surface area contributed by atoms with Gasteiger partial charge < -0.3 is 15.6 Å². The lowest BCUT2D eigenvalue weighted by Gasteiger charge is -2.05. The van der Waals surface area contributed by atoms with E-state index in [-0.39, 0.29) is 5.91 Å². The molecule has 0 saturated heterocycles. The number of rotatable bonds is 5. The normalized spacial score (nSPS) is 12.2. The minimum atomic E-state index is -0.528. The standard InChI is InChI=1S/C13H15ClN4O2/c1-8(15)13(19)16-6-5-11-17-12(18-20-11)9-3-2-4-10(14)7-9/h2-4,7-8H,5-6,15H2,1H3,(H,16,19)/t8-/m0/s1. The fourth-order valence-electron chi connectivity index (χ4n) is 1.55. The van der Waals surface area contributed by atoms with Crippen molar-refractivity contribution < 1.29 is 9.32 Å². The molecule has 0 fully saturated rings. The summed E-state index contributed by atoms with van der Waals surface area (Å²) in [7, 11) is 0. The molecular formula is C13H15ClN4O2. The molecule has 1 aromatic carbocycles. The Balaban J connectivity index is 1.94. The molecule has 0 aliphatic heterocycles. The predicted molar refractivity (Wildman–Crippen MR) is 75.1 cm³/mol. The van der Waals surface area contributed by atoms with E-state index >= 15 is 0 Å². The van der Waals surface area contributed by atoms with Crippen molar-refractivity contribution in [2.75, 3.05) is 6.54 Å². The summed E-state index contributed by atoms with van der Waals surface area (Å²) in [5.74, 6) is 0.713. The SMILES string of the molecule is C[C@H](N)C(=O)NCCc1nc(-c2cccc(Cl)c2)no1. The van der Waals surface area contributed by atoms with Crippen molar-refractivity contribution >= 4 is 17.5 Å². The largest absolute Gasteiger partial charge is 0.354 e. The lowest BCUT2D eigenvalue weighted by Crippen LogP contribution is -2.39. The summed E-state index contributed by atoms with van der Waals surface area (Å²) in [4.78, 5) is 15.5. The van der Waals surface area contributed by atoms with E-state index in [1.54, 1.807) is 19.1 Å². The highest BCUT2D eigenvalue weighted by Gasteiger charge is 2.10. The number of nitrogens with one attached hydrogen (secondary N) is 1. The van der Waals surface area contributed by atoms with Gasteiger partial charge in [-0.25, -0.2) is 0 Å². The smallest absolute Gasteiger partial charge is 0.236 e. The van der Waals surface area contributed by atoms with Crippen molar-refractivity contribution in [2.45, 2.75) is 19.4 Å². The minimum absolute atomic E-state index is 0.209. The summed E-state index contributed by atoms with van der Waals surface area (Å²) in [6, 6.07) is 6.66. The van der Waals surface area contributed by atoms with E-state index in [9.17, 15) is 4.79 Å². The van der Waals surface area contributed by atoms with E-state index < -0.39 is 6.04 Å². The third kappa shape index (κ3) is 3.79. The van der Waals surface area contributed by atoms with Crippen LogP contribution in [0.15, 0.2) is 28.8 Å². The molecule has 0 aliphatic rings. The number of halogens is 1. The van der Waals surface area contributed by atoms with Crippen LogP contribution in [0.5, 0.6) is 0 Å². The summed E-state index contributed by atoms with van der Waals surface area (Å²) in [6.45, 7) is 2.02. The molecule has 0 aliphatic carbocycles. The van der Waals surface area contributed by atoms with Gasteiger partial charge in [-0.1, -0.05) is 28.9 Å². The Kier molecular flexibility index (Phi) is 4.70. The topological polar surface area (TPSA) is 94.0 Å². The van der Waals surface area contributed by atoms with Gasteiger partial charge in [0.05, 0.1) is 6.04 Å². The van der Waals surface area contributed by atoms with Gasteiger partial charge in [0.2, 0.25) is 17.6 Å². The van der Waals surface area contributed by atoms with Crippen LogP contribution in [0, 0.1) is 0 Å². The predicted octanol–water partition coefficient (Wildman–Crippen LogP) is 1.40. The molecule has 2 rings (SSSR count). The minimum Gasteiger partial charge on any atom is -0.354 e. The first-order chi connectivity index (χ1) is 9.56. The molecule has 2 aromatic rings. The average Bonchev–Trinajstić information content (AvgIpc) is 2.87. The van der Waals surface area contributed by atoms with Crippen LogP contribution in [-0.2, 0) is 11.2 Å². The second kappa shape index (κ2) is 6.49. The molecule has 0 bridgehead atoms. The quantitative estimate of drug-likeness (QED) is 0.869. The second-order valence-corrected chi connectivity index (χ2v) is 4.79. The second-order valence-electron chi connectivity index (χ2n) is 4.35. The van der Waals surface area contributed by atoms with Crippen molar-refractivity contribution in [1.29, 1.82) is 0 Å². The zero-order valence-electron chi connectivity index (χ0n) is 11.0. The Morgan fingerprint density at radius 1 is 1.55 bits per heavy atom. The van der Waals surface area contributed by atoms with E-state index in [2.05, 4.69) is 15.5 Å². The van der Waals surface area contributed by atoms with E-state index in [0.29, 0.717) is 29.7 Å². The van der Waals surface area contributed by atoms with Crippen molar-refractivity contribution in [1.82, 2.24) is 15.5 Å². The number of aromatic nitrogens is 2. The highest BCUT2D eigenvalue weighted by molar-refractivity contribution is 6.30. The number of hydrogen-bond donors (Lipinski definition) is 2. The molecule has 7 heteroatoms. The van der Waals surface area contributed by atoms with Crippen LogP contribution in [0.3, 0.4) is 0 Å². The number of hydrogen-bond acceptors (Lipinski definition) is 5. The van der Waals surface area contributed by atoms with E-state index in [1.165, 1.54) is 0 Å². The Morgan fingerprint density at radius 3 is 3.05 bits per heavy atom. The summed E-state index contributed by atoms with van der Waals surface area (Å²) in [6.07, 6.45) is 0.450. The Bertz CT molecular complexity index is 598. The summed E-state index contributed by atoms with van der Waals surface area (Å²) >= 11 is 5.90. The number of nitrogens with two attached hydrogens (primary N) is 1. The van der Waals surface area contributed by atoms with Gasteiger partial charge in [0.25, 0.3) is 0 Å². The molecule has 1 amide bonds. The van der Waals surface area contributed by atoms with Crippen molar-refractivity contribution in [2.24, 2.45) is 5.73 Å². The van der Waals surface area contributed by atoms with Gasteiger partial charge in [-0.3, -0.25) is 4.79 Å². The molecule has 1 atom stereocenters. The zero-order valence-corrected chi connectivity index (χ0v) is 11.7. The number of amides is 1. The van der Waals surface area contributed by atoms with Crippen molar-refractivity contribution in [3.05, 3.63) is 35.2 Å². The molecule has 1 heterocycles. The Hall–Kier alpha value is -1.92. The molecule has 0 spiro atoms. The van der Waals surface area contributed by atoms with Crippen LogP contribution in [-0.4, -0.2) is 28.6 Å². The van der Waals surface area contributed by atoms with Gasteiger partial charge in [-0.2, -0.15) is 4.98 Å². The summed E-state index contributed by atoms with van der Waals surface area (Å²) in [5.41, 5.74) is 6.22. The van der Waals surface area contributed by atoms with Gasteiger partial charge in [-0.15, -0.1) is 0 Å². The first-order valence-electron chi connectivity index (χ1n) is 6.18. The summed E-state index contributed by atoms with van der Waals surface area (Å²) < 4.78 is 5.11. The molecule has 20 heavy (non-hydrogen) atoms. The number of carbonyl (C=O) groups excluding carboxylic acids is 1. The lowest BCUT2D eigenvalue weighted by atomic mass is 10.2. The monoisotopic (exact) mass is 294 g/mol. The molecule has 0 saturated carbocycles. The Morgan fingerprint density at radius 2 is 2.35 bits per heavy atom. The van der Waals surface area contributed by atoms with Gasteiger partial charge >= 0.3 is 0 Å². The lowest BCUT2D eigenvalue weighted by molar-refractivity contribution is -0.121. The summed E-state index contributed by atoms with van der Waals surface area (Å²) in [5, 5.41) is 7.16. The number of nitrogens with zero attached hydrogens (tertiary/aromatic N) is 2. The fourth-order valence-corrected chi connectivity index (χ4v) is 1.75. The van der Waals surface area contributed by atoms with Gasteiger partial charge in [0.1, 0.15) is 0 Å². The average molecular weight is 295 g/mol. The van der Waals surface area contributed by atoms with E-state index in [4.69, 9.17) is 21.9 Å². The van der Waals surface area contributed by atoms with Crippen LogP contribution >= 0.6 is 11.6 Å². The van der Waals surface area contributed by atoms with E-state index in [0.717, 1.165) is 5.56 Å². The first-order valence-corrected chi connectivity index (χ1v) is 6.56. The van der Waals surface area contributed by atoms with Gasteiger partial charge in [0.15, 0.2) is 0 Å². The van der Waals surface area contributed by atoms with Crippen LogP contribution in [0.4, 0.5) is 0 Å². The highest BCUT2D eigenvalue weighted by atomic mass is 35.5. The molecule has 0 radical (unpaired) electrons. The molecule has 3 N–H and O–H groups in total. The zero-order chi connectivity index (χ0) is 14.5. The number of carbonyl (C=O) groups is 1. The van der Waals surface area contributed by atoms with Crippen LogP contribution < -0.4 is 11.1 Å². The first kappa shape index (κ1) is 14.5. The molecule has 106 valence electrons. The molecule has 6 nitrogen and oxygen atoms in total. The molecule has 1 aromatic heterocycles. The third-order valence-corrected chi connectivity index (χ3v) is 2.84. The molecular weight excluding hydrogens is 280 g/mol. The Labute approximate surface area is 121 Å². The fraction of sp³-hybridized carbons (Fsp3) is 0.308. The number of benzene rings is 1. The van der Waals surface area contributed by atoms with Crippen molar-refractivity contribution in [3.63, 3.8) is 0 Å². The maximum absolute atomic E-state index is 11.3.